The van der Waals surface area contributed by atoms with Crippen LogP contribution in [-0.4, -0.2) is 76.2 Å². The lowest BCUT2D eigenvalue weighted by Gasteiger charge is -2.38. The van der Waals surface area contributed by atoms with Gasteiger partial charge in [0.25, 0.3) is 0 Å². The SMILES string of the molecule is CC(=O)NC1CCN(C[C@]2(O)CCCN(C(=O)Cc3cccc(O)c3)CC2)CC1. The van der Waals surface area contributed by atoms with E-state index in [1.165, 1.54) is 0 Å². The highest BCUT2D eigenvalue weighted by Crippen LogP contribution is 2.26. The van der Waals surface area contributed by atoms with Crippen LogP contribution >= 0.6 is 0 Å². The Bertz CT molecular complexity index is 718. The van der Waals surface area contributed by atoms with Gasteiger partial charge in [0, 0.05) is 45.7 Å². The first-order valence-corrected chi connectivity index (χ1v) is 10.6. The molecule has 2 amide bonds. The number of nitrogens with zero attached hydrogens (tertiary/aromatic N) is 2. The van der Waals surface area contributed by atoms with Crippen molar-refractivity contribution in [3.8, 4) is 5.75 Å². The van der Waals surface area contributed by atoms with Crippen LogP contribution in [0.25, 0.3) is 0 Å². The van der Waals surface area contributed by atoms with Crippen LogP contribution in [0.5, 0.6) is 5.75 Å². The average Bonchev–Trinajstić information content (AvgIpc) is 2.85. The lowest BCUT2D eigenvalue weighted by Crippen LogP contribution is -2.50. The fraction of sp³-hybridized carbons (Fsp3) is 0.636. The Labute approximate surface area is 172 Å². The van der Waals surface area contributed by atoms with Crippen LogP contribution in [0.15, 0.2) is 24.3 Å². The molecule has 0 aliphatic carbocycles. The van der Waals surface area contributed by atoms with Gasteiger partial charge in [-0.15, -0.1) is 0 Å². The molecule has 7 nitrogen and oxygen atoms in total. The number of hydrogen-bond acceptors (Lipinski definition) is 5. The van der Waals surface area contributed by atoms with Gasteiger partial charge in [0.2, 0.25) is 11.8 Å². The first kappa shape index (κ1) is 21.6. The number of aromatic hydroxyl groups is 1. The molecule has 3 rings (SSSR count). The summed E-state index contributed by atoms with van der Waals surface area (Å²) in [5, 5.41) is 23.7. The fourth-order valence-corrected chi connectivity index (χ4v) is 4.48. The Hall–Kier alpha value is -2.12. The second kappa shape index (κ2) is 9.59. The van der Waals surface area contributed by atoms with Crippen LogP contribution < -0.4 is 5.32 Å². The molecule has 0 spiro atoms. The first-order valence-electron chi connectivity index (χ1n) is 10.6. The van der Waals surface area contributed by atoms with E-state index in [0.29, 0.717) is 32.5 Å². The number of likely N-dealkylation sites (tertiary alicyclic amines) is 2. The van der Waals surface area contributed by atoms with E-state index in [4.69, 9.17) is 0 Å². The average molecular weight is 404 g/mol. The van der Waals surface area contributed by atoms with Crippen molar-refractivity contribution in [2.75, 3.05) is 32.7 Å². The zero-order valence-electron chi connectivity index (χ0n) is 17.3. The van der Waals surface area contributed by atoms with Crippen LogP contribution in [0, 0.1) is 0 Å². The van der Waals surface area contributed by atoms with Crippen molar-refractivity contribution in [1.82, 2.24) is 15.1 Å². The van der Waals surface area contributed by atoms with Crippen LogP contribution in [0.2, 0.25) is 0 Å². The third-order valence-corrected chi connectivity index (χ3v) is 6.05. The number of benzene rings is 1. The molecular weight excluding hydrogens is 370 g/mol. The summed E-state index contributed by atoms with van der Waals surface area (Å²) in [6, 6.07) is 7.04. The molecule has 2 saturated heterocycles. The van der Waals surface area contributed by atoms with E-state index in [1.54, 1.807) is 25.1 Å². The molecular formula is C22H33N3O4. The maximum atomic E-state index is 12.7. The zero-order valence-corrected chi connectivity index (χ0v) is 17.3. The van der Waals surface area contributed by atoms with Crippen LogP contribution in [-0.2, 0) is 16.0 Å². The maximum Gasteiger partial charge on any atom is 0.226 e. The topological polar surface area (TPSA) is 93.1 Å². The highest BCUT2D eigenvalue weighted by molar-refractivity contribution is 5.79. The van der Waals surface area contributed by atoms with E-state index in [1.807, 2.05) is 11.0 Å². The van der Waals surface area contributed by atoms with Gasteiger partial charge in [0.1, 0.15) is 5.75 Å². The lowest BCUT2D eigenvalue weighted by molar-refractivity contribution is -0.130. The smallest absolute Gasteiger partial charge is 0.226 e. The molecule has 2 heterocycles. The second-order valence-electron chi connectivity index (χ2n) is 8.56. The van der Waals surface area contributed by atoms with E-state index < -0.39 is 5.60 Å². The number of carbonyl (C=O) groups excluding carboxylic acids is 2. The number of phenols is 1. The standard InChI is InChI=1S/C22H33N3O4/c1-17(26)23-19-6-11-24(12-7-19)16-22(29)8-3-10-25(13-9-22)21(28)15-18-4-2-5-20(27)14-18/h2,4-5,14,19,27,29H,3,6-13,15-16H2,1H3,(H,23,26)/t22-/m0/s1. The van der Waals surface area contributed by atoms with E-state index in [9.17, 15) is 19.8 Å². The summed E-state index contributed by atoms with van der Waals surface area (Å²) in [4.78, 5) is 28.0. The summed E-state index contributed by atoms with van der Waals surface area (Å²) < 4.78 is 0. The second-order valence-corrected chi connectivity index (χ2v) is 8.56. The minimum absolute atomic E-state index is 0.0151. The van der Waals surface area contributed by atoms with Gasteiger partial charge in [-0.05, 0) is 49.8 Å². The maximum absolute atomic E-state index is 12.7. The number of phenolic OH excluding ortho intramolecular Hbond substituents is 1. The van der Waals surface area contributed by atoms with Gasteiger partial charge in [0.15, 0.2) is 0 Å². The number of aliphatic hydroxyl groups is 1. The number of nitrogens with one attached hydrogen (secondary N) is 1. The summed E-state index contributed by atoms with van der Waals surface area (Å²) in [6.07, 6.45) is 4.13. The molecule has 0 bridgehead atoms. The Morgan fingerprint density at radius 1 is 1.17 bits per heavy atom. The van der Waals surface area contributed by atoms with Crippen molar-refractivity contribution in [2.24, 2.45) is 0 Å². The van der Waals surface area contributed by atoms with Gasteiger partial charge >= 0.3 is 0 Å². The van der Waals surface area contributed by atoms with Gasteiger partial charge in [-0.2, -0.15) is 0 Å². The Morgan fingerprint density at radius 3 is 2.62 bits per heavy atom. The molecule has 0 aromatic heterocycles. The Balaban J connectivity index is 1.48. The van der Waals surface area contributed by atoms with Crippen molar-refractivity contribution >= 4 is 11.8 Å². The molecule has 2 aliphatic heterocycles. The normalized spacial score (nSPS) is 24.1. The van der Waals surface area contributed by atoms with Crippen molar-refractivity contribution in [2.45, 2.75) is 57.1 Å². The van der Waals surface area contributed by atoms with Gasteiger partial charge in [-0.3, -0.25) is 9.59 Å². The molecule has 0 unspecified atom stereocenters. The molecule has 0 saturated carbocycles. The summed E-state index contributed by atoms with van der Waals surface area (Å²) in [7, 11) is 0. The Kier molecular flexibility index (Phi) is 7.14. The zero-order chi connectivity index (χ0) is 20.9. The molecule has 160 valence electrons. The quantitative estimate of drug-likeness (QED) is 0.689. The van der Waals surface area contributed by atoms with Gasteiger partial charge in [-0.1, -0.05) is 12.1 Å². The highest BCUT2D eigenvalue weighted by Gasteiger charge is 2.34. The lowest BCUT2D eigenvalue weighted by atomic mass is 9.93. The van der Waals surface area contributed by atoms with Crippen LogP contribution in [0.3, 0.4) is 0 Å². The summed E-state index contributed by atoms with van der Waals surface area (Å²) >= 11 is 0. The van der Waals surface area contributed by atoms with E-state index in [2.05, 4.69) is 10.2 Å². The molecule has 3 N–H and O–H groups in total. The summed E-state index contributed by atoms with van der Waals surface area (Å²) in [5.41, 5.74) is 0.0255. The van der Waals surface area contributed by atoms with Gasteiger partial charge in [-0.25, -0.2) is 0 Å². The molecule has 2 fully saturated rings. The third kappa shape index (κ3) is 6.44. The monoisotopic (exact) mass is 403 g/mol. The van der Waals surface area contributed by atoms with Crippen LogP contribution in [0.1, 0.15) is 44.6 Å². The van der Waals surface area contributed by atoms with Crippen molar-refractivity contribution in [3.05, 3.63) is 29.8 Å². The number of amides is 2. The minimum atomic E-state index is -0.777. The molecule has 29 heavy (non-hydrogen) atoms. The molecule has 1 aromatic carbocycles. The number of rotatable bonds is 5. The number of piperidine rings is 1. The Morgan fingerprint density at radius 2 is 1.93 bits per heavy atom. The number of carbonyl (C=O) groups is 2. The first-order chi connectivity index (χ1) is 13.8. The van der Waals surface area contributed by atoms with E-state index in [0.717, 1.165) is 37.9 Å². The van der Waals surface area contributed by atoms with Crippen molar-refractivity contribution < 1.29 is 19.8 Å². The number of hydrogen-bond donors (Lipinski definition) is 3. The van der Waals surface area contributed by atoms with Gasteiger partial charge < -0.3 is 25.3 Å². The van der Waals surface area contributed by atoms with Crippen molar-refractivity contribution in [1.29, 1.82) is 0 Å². The van der Waals surface area contributed by atoms with Crippen molar-refractivity contribution in [3.63, 3.8) is 0 Å². The predicted molar refractivity (Wildman–Crippen MR) is 110 cm³/mol. The van der Waals surface area contributed by atoms with E-state index >= 15 is 0 Å². The summed E-state index contributed by atoms with van der Waals surface area (Å²) in [5.74, 6) is 0.222. The molecule has 2 aliphatic rings. The fourth-order valence-electron chi connectivity index (χ4n) is 4.48. The van der Waals surface area contributed by atoms with Crippen LogP contribution in [0.4, 0.5) is 0 Å². The summed E-state index contributed by atoms with van der Waals surface area (Å²) in [6.45, 7) is 5.12. The molecule has 1 atom stereocenters. The molecule has 0 radical (unpaired) electrons. The van der Waals surface area contributed by atoms with E-state index in [-0.39, 0.29) is 30.0 Å². The van der Waals surface area contributed by atoms with Gasteiger partial charge in [0.05, 0.1) is 12.0 Å². The minimum Gasteiger partial charge on any atom is -0.508 e. The molecule has 7 heteroatoms. The third-order valence-electron chi connectivity index (χ3n) is 6.05. The highest BCUT2D eigenvalue weighted by atomic mass is 16.3. The molecule has 1 aromatic rings. The number of β-amino-alcohol motifs (C(OH)–C–C–N with tert-alkyl or cyclic N) is 1. The largest absolute Gasteiger partial charge is 0.508 e. The predicted octanol–water partition coefficient (Wildman–Crippen LogP) is 1.28.